The fourth-order valence-electron chi connectivity index (χ4n) is 3.42. The molecule has 0 spiro atoms. The molecule has 1 amide bonds. The van der Waals surface area contributed by atoms with Crippen LogP contribution in [0.15, 0.2) is 54.9 Å². The summed E-state index contributed by atoms with van der Waals surface area (Å²) in [6.45, 7) is 7.07. The van der Waals surface area contributed by atoms with Gasteiger partial charge in [-0.3, -0.25) is 4.79 Å². The smallest absolute Gasteiger partial charge is 0.257 e. The van der Waals surface area contributed by atoms with Crippen molar-refractivity contribution < 1.29 is 4.79 Å². The zero-order valence-electron chi connectivity index (χ0n) is 16.3. The summed E-state index contributed by atoms with van der Waals surface area (Å²) in [6.07, 6.45) is 4.75. The average Bonchev–Trinajstić information content (AvgIpc) is 3.24. The molecule has 6 heteroatoms. The van der Waals surface area contributed by atoms with Crippen molar-refractivity contribution in [3.63, 3.8) is 0 Å². The number of fused-ring (bicyclic) bond motifs is 1. The Morgan fingerprint density at radius 1 is 1.11 bits per heavy atom. The second-order valence-electron chi connectivity index (χ2n) is 6.98. The van der Waals surface area contributed by atoms with E-state index in [1.54, 1.807) is 16.9 Å². The number of anilines is 1. The molecule has 0 saturated carbocycles. The van der Waals surface area contributed by atoms with Crippen molar-refractivity contribution >= 4 is 22.5 Å². The van der Waals surface area contributed by atoms with Crippen molar-refractivity contribution in [3.05, 3.63) is 71.8 Å². The second kappa shape index (κ2) is 7.31. The molecule has 0 saturated heterocycles. The topological polar surface area (TPSA) is 64.7 Å². The summed E-state index contributed by atoms with van der Waals surface area (Å²) in [4.78, 5) is 17.0. The van der Waals surface area contributed by atoms with E-state index in [1.165, 1.54) is 5.52 Å². The van der Waals surface area contributed by atoms with E-state index >= 15 is 0 Å². The Hall–Kier alpha value is -3.41. The van der Waals surface area contributed by atoms with Crippen molar-refractivity contribution in [1.82, 2.24) is 19.3 Å². The SMILES string of the molecule is CCCn1ccc2cc(NC(=O)c3ccc(-n4nc(C)cc4C)nc3)ccc21. The van der Waals surface area contributed by atoms with Gasteiger partial charge in [0.05, 0.1) is 11.3 Å². The van der Waals surface area contributed by atoms with E-state index in [0.717, 1.165) is 35.4 Å². The first kappa shape index (κ1) is 18.0. The highest BCUT2D eigenvalue weighted by molar-refractivity contribution is 6.05. The van der Waals surface area contributed by atoms with Crippen LogP contribution >= 0.6 is 0 Å². The predicted octanol–water partition coefficient (Wildman–Crippen LogP) is 4.50. The number of rotatable bonds is 5. The number of nitrogens with one attached hydrogen (secondary N) is 1. The summed E-state index contributed by atoms with van der Waals surface area (Å²) in [5.74, 6) is 0.514. The van der Waals surface area contributed by atoms with Crippen molar-refractivity contribution in [1.29, 1.82) is 0 Å². The number of hydrogen-bond donors (Lipinski definition) is 1. The first-order chi connectivity index (χ1) is 13.5. The van der Waals surface area contributed by atoms with Gasteiger partial charge in [0.2, 0.25) is 0 Å². The van der Waals surface area contributed by atoms with Crippen molar-refractivity contribution in [2.24, 2.45) is 0 Å². The van der Waals surface area contributed by atoms with Crippen LogP contribution in [0, 0.1) is 13.8 Å². The van der Waals surface area contributed by atoms with Gasteiger partial charge in [-0.2, -0.15) is 5.10 Å². The third kappa shape index (κ3) is 3.41. The zero-order valence-corrected chi connectivity index (χ0v) is 16.3. The highest BCUT2D eigenvalue weighted by Crippen LogP contribution is 2.21. The van der Waals surface area contributed by atoms with Crippen LogP contribution in [0.25, 0.3) is 16.7 Å². The third-order valence-corrected chi connectivity index (χ3v) is 4.73. The van der Waals surface area contributed by atoms with E-state index in [0.29, 0.717) is 11.4 Å². The number of nitrogens with zero attached hydrogens (tertiary/aromatic N) is 4. The molecule has 28 heavy (non-hydrogen) atoms. The van der Waals surface area contributed by atoms with E-state index in [4.69, 9.17) is 0 Å². The molecule has 0 aliphatic heterocycles. The van der Waals surface area contributed by atoms with Gasteiger partial charge in [-0.25, -0.2) is 9.67 Å². The minimum atomic E-state index is -0.181. The number of benzene rings is 1. The number of amides is 1. The lowest BCUT2D eigenvalue weighted by molar-refractivity contribution is 0.102. The van der Waals surface area contributed by atoms with Gasteiger partial charge in [0, 0.05) is 41.2 Å². The Morgan fingerprint density at radius 2 is 1.96 bits per heavy atom. The molecule has 1 aromatic carbocycles. The van der Waals surface area contributed by atoms with Crippen LogP contribution in [0.3, 0.4) is 0 Å². The van der Waals surface area contributed by atoms with E-state index in [-0.39, 0.29) is 5.91 Å². The van der Waals surface area contributed by atoms with Crippen LogP contribution < -0.4 is 5.32 Å². The van der Waals surface area contributed by atoms with Crippen LogP contribution in [0.4, 0.5) is 5.69 Å². The van der Waals surface area contributed by atoms with Gasteiger partial charge in [0.1, 0.15) is 0 Å². The first-order valence-corrected chi connectivity index (χ1v) is 9.45. The molecule has 3 aromatic heterocycles. The van der Waals surface area contributed by atoms with Crippen molar-refractivity contribution in [2.45, 2.75) is 33.7 Å². The summed E-state index contributed by atoms with van der Waals surface area (Å²) in [7, 11) is 0. The summed E-state index contributed by atoms with van der Waals surface area (Å²) in [5, 5.41) is 8.49. The zero-order chi connectivity index (χ0) is 19.7. The number of aryl methyl sites for hydroxylation is 3. The van der Waals surface area contributed by atoms with E-state index < -0.39 is 0 Å². The normalized spacial score (nSPS) is 11.1. The monoisotopic (exact) mass is 373 g/mol. The predicted molar refractivity (Wildman–Crippen MR) is 111 cm³/mol. The number of aromatic nitrogens is 4. The largest absolute Gasteiger partial charge is 0.347 e. The molecule has 1 N–H and O–H groups in total. The molecule has 0 aliphatic carbocycles. The van der Waals surface area contributed by atoms with Crippen LogP contribution in [0.5, 0.6) is 0 Å². The van der Waals surface area contributed by atoms with E-state index in [1.807, 2.05) is 44.2 Å². The molecule has 3 heterocycles. The van der Waals surface area contributed by atoms with Crippen LogP contribution in [0.2, 0.25) is 0 Å². The number of carbonyl (C=O) groups excluding carboxylic acids is 1. The molecule has 0 unspecified atom stereocenters. The summed E-state index contributed by atoms with van der Waals surface area (Å²) in [5.41, 5.74) is 4.40. The summed E-state index contributed by atoms with van der Waals surface area (Å²) >= 11 is 0. The van der Waals surface area contributed by atoms with Gasteiger partial charge in [-0.15, -0.1) is 0 Å². The van der Waals surface area contributed by atoms with Crippen LogP contribution in [-0.4, -0.2) is 25.2 Å². The Labute approximate surface area is 163 Å². The molecule has 0 aliphatic rings. The molecule has 6 nitrogen and oxygen atoms in total. The molecular weight excluding hydrogens is 350 g/mol. The maximum absolute atomic E-state index is 12.6. The number of pyridine rings is 1. The number of hydrogen-bond acceptors (Lipinski definition) is 3. The Bertz CT molecular complexity index is 1140. The molecule has 4 aromatic rings. The second-order valence-corrected chi connectivity index (χ2v) is 6.98. The minimum absolute atomic E-state index is 0.181. The van der Waals surface area contributed by atoms with E-state index in [2.05, 4.69) is 39.2 Å². The standard InChI is InChI=1S/C22H23N5O/c1-4-10-26-11-9-17-13-19(6-7-20(17)26)24-22(28)18-5-8-21(23-14-18)27-16(3)12-15(2)25-27/h5-9,11-14H,4,10H2,1-3H3,(H,24,28). The van der Waals surface area contributed by atoms with Gasteiger partial charge in [-0.05, 0) is 62.7 Å². The Kier molecular flexibility index (Phi) is 4.69. The van der Waals surface area contributed by atoms with Crippen molar-refractivity contribution in [3.8, 4) is 5.82 Å². The molecule has 0 atom stereocenters. The maximum atomic E-state index is 12.6. The highest BCUT2D eigenvalue weighted by atomic mass is 16.1. The van der Waals surface area contributed by atoms with E-state index in [9.17, 15) is 4.79 Å². The molecule has 0 fully saturated rings. The van der Waals surface area contributed by atoms with Gasteiger partial charge < -0.3 is 9.88 Å². The summed E-state index contributed by atoms with van der Waals surface area (Å²) in [6, 6.07) is 13.6. The number of carbonyl (C=O) groups is 1. The highest BCUT2D eigenvalue weighted by Gasteiger charge is 2.10. The van der Waals surface area contributed by atoms with Crippen molar-refractivity contribution in [2.75, 3.05) is 5.32 Å². The Morgan fingerprint density at radius 3 is 2.64 bits per heavy atom. The van der Waals surface area contributed by atoms with Gasteiger partial charge in [0.25, 0.3) is 5.91 Å². The molecular formula is C22H23N5O. The summed E-state index contributed by atoms with van der Waals surface area (Å²) < 4.78 is 3.99. The lowest BCUT2D eigenvalue weighted by Gasteiger charge is -2.08. The van der Waals surface area contributed by atoms with Gasteiger partial charge in [0.15, 0.2) is 5.82 Å². The van der Waals surface area contributed by atoms with Crippen LogP contribution in [-0.2, 0) is 6.54 Å². The third-order valence-electron chi connectivity index (χ3n) is 4.73. The molecule has 4 rings (SSSR count). The van der Waals surface area contributed by atoms with Crippen LogP contribution in [0.1, 0.15) is 35.1 Å². The maximum Gasteiger partial charge on any atom is 0.257 e. The lowest BCUT2D eigenvalue weighted by atomic mass is 10.2. The average molecular weight is 373 g/mol. The minimum Gasteiger partial charge on any atom is -0.347 e. The fourth-order valence-corrected chi connectivity index (χ4v) is 3.42. The molecule has 0 radical (unpaired) electrons. The van der Waals surface area contributed by atoms with Gasteiger partial charge in [-0.1, -0.05) is 6.92 Å². The first-order valence-electron chi connectivity index (χ1n) is 9.45. The molecule has 142 valence electrons. The fraction of sp³-hybridized carbons (Fsp3) is 0.227. The molecule has 0 bridgehead atoms. The van der Waals surface area contributed by atoms with Gasteiger partial charge >= 0.3 is 0 Å². The lowest BCUT2D eigenvalue weighted by Crippen LogP contribution is -2.13. The Balaban J connectivity index is 1.52. The quantitative estimate of drug-likeness (QED) is 0.560.